The van der Waals surface area contributed by atoms with Crippen LogP contribution in [0.4, 0.5) is 10.5 Å². The average molecular weight is 318 g/mol. The predicted octanol–water partition coefficient (Wildman–Crippen LogP) is 2.50. The van der Waals surface area contributed by atoms with Gasteiger partial charge in [-0.3, -0.25) is 9.69 Å². The van der Waals surface area contributed by atoms with E-state index in [2.05, 4.69) is 0 Å². The molecule has 3 rings (SSSR count). The van der Waals surface area contributed by atoms with Crippen LogP contribution in [0.1, 0.15) is 25.3 Å². The van der Waals surface area contributed by atoms with Crippen LogP contribution in [0.25, 0.3) is 0 Å². The topological polar surface area (TPSA) is 70.1 Å². The number of ether oxygens (including phenoxy) is 1. The lowest BCUT2D eigenvalue weighted by molar-refractivity contribution is -0.143. The lowest BCUT2D eigenvalue weighted by Crippen LogP contribution is -2.52. The molecule has 0 aliphatic carbocycles. The lowest BCUT2D eigenvalue weighted by atomic mass is 9.98. The number of likely N-dealkylation sites (tertiary alicyclic amines) is 1. The van der Waals surface area contributed by atoms with Gasteiger partial charge in [0.25, 0.3) is 0 Å². The van der Waals surface area contributed by atoms with Gasteiger partial charge in [0, 0.05) is 13.1 Å². The standard InChI is InChI=1S/C17H22N2O4/c1-11-5-6-15-14(8-11)19(9-12(2)23-15)17(22)18-7-3-4-13(10-18)16(20)21/h5-6,8,12-13H,3-4,7,9-10H2,1-2H3,(H,20,21)/t12-,13+/m1/s1. The van der Waals surface area contributed by atoms with E-state index in [0.29, 0.717) is 25.3 Å². The molecule has 2 heterocycles. The Morgan fingerprint density at radius 2 is 2.09 bits per heavy atom. The van der Waals surface area contributed by atoms with Crippen LogP contribution < -0.4 is 9.64 Å². The second-order valence-electron chi connectivity index (χ2n) is 6.42. The number of carboxylic acid groups (broad SMARTS) is 1. The molecular formula is C17H22N2O4. The monoisotopic (exact) mass is 318 g/mol. The molecule has 6 nitrogen and oxygen atoms in total. The Labute approximate surface area is 135 Å². The van der Waals surface area contributed by atoms with Crippen LogP contribution in [0.3, 0.4) is 0 Å². The van der Waals surface area contributed by atoms with E-state index in [4.69, 9.17) is 4.74 Å². The fourth-order valence-electron chi connectivity index (χ4n) is 3.25. The van der Waals surface area contributed by atoms with E-state index >= 15 is 0 Å². The predicted molar refractivity (Wildman–Crippen MR) is 85.9 cm³/mol. The summed E-state index contributed by atoms with van der Waals surface area (Å²) in [6.07, 6.45) is 1.27. The van der Waals surface area contributed by atoms with Crippen molar-refractivity contribution in [3.8, 4) is 5.75 Å². The van der Waals surface area contributed by atoms with Gasteiger partial charge in [-0.05, 0) is 44.4 Å². The molecule has 1 aromatic carbocycles. The van der Waals surface area contributed by atoms with Gasteiger partial charge < -0.3 is 14.7 Å². The Bertz CT molecular complexity index is 631. The van der Waals surface area contributed by atoms with Crippen LogP contribution >= 0.6 is 0 Å². The number of rotatable bonds is 1. The smallest absolute Gasteiger partial charge is 0.324 e. The van der Waals surface area contributed by atoms with Gasteiger partial charge >= 0.3 is 12.0 Å². The van der Waals surface area contributed by atoms with Gasteiger partial charge in [0.05, 0.1) is 18.2 Å². The molecule has 2 amide bonds. The number of benzene rings is 1. The summed E-state index contributed by atoms with van der Waals surface area (Å²) in [7, 11) is 0. The normalized spacial score (nSPS) is 23.9. The largest absolute Gasteiger partial charge is 0.487 e. The quantitative estimate of drug-likeness (QED) is 0.863. The van der Waals surface area contributed by atoms with E-state index in [-0.39, 0.29) is 18.7 Å². The van der Waals surface area contributed by atoms with Crippen molar-refractivity contribution in [2.75, 3.05) is 24.5 Å². The van der Waals surface area contributed by atoms with Crippen molar-refractivity contribution in [1.82, 2.24) is 4.90 Å². The van der Waals surface area contributed by atoms with Crippen LogP contribution in [0, 0.1) is 12.8 Å². The third-order valence-corrected chi connectivity index (χ3v) is 4.45. The summed E-state index contributed by atoms with van der Waals surface area (Å²) < 4.78 is 5.81. The number of aryl methyl sites for hydroxylation is 1. The van der Waals surface area contributed by atoms with Crippen molar-refractivity contribution in [2.24, 2.45) is 5.92 Å². The molecule has 0 spiro atoms. The van der Waals surface area contributed by atoms with E-state index in [1.54, 1.807) is 9.80 Å². The minimum Gasteiger partial charge on any atom is -0.487 e. The lowest BCUT2D eigenvalue weighted by Gasteiger charge is -2.39. The number of fused-ring (bicyclic) bond motifs is 1. The first-order chi connectivity index (χ1) is 11.0. The van der Waals surface area contributed by atoms with Crippen LogP contribution in [-0.2, 0) is 4.79 Å². The zero-order valence-electron chi connectivity index (χ0n) is 13.5. The van der Waals surface area contributed by atoms with E-state index in [9.17, 15) is 14.7 Å². The van der Waals surface area contributed by atoms with Crippen molar-refractivity contribution >= 4 is 17.7 Å². The maximum Gasteiger partial charge on any atom is 0.324 e. The van der Waals surface area contributed by atoms with Gasteiger partial charge in [-0.1, -0.05) is 6.07 Å². The minimum atomic E-state index is -0.825. The molecule has 124 valence electrons. The number of aliphatic carboxylic acids is 1. The number of piperidine rings is 1. The number of nitrogens with zero attached hydrogens (tertiary/aromatic N) is 2. The first kappa shape index (κ1) is 15.6. The molecule has 0 saturated carbocycles. The molecule has 0 radical (unpaired) electrons. The van der Waals surface area contributed by atoms with Crippen LogP contribution in [0.15, 0.2) is 18.2 Å². The zero-order chi connectivity index (χ0) is 16.6. The molecule has 23 heavy (non-hydrogen) atoms. The fraction of sp³-hybridized carbons (Fsp3) is 0.529. The molecule has 2 aliphatic heterocycles. The third-order valence-electron chi connectivity index (χ3n) is 4.45. The van der Waals surface area contributed by atoms with Crippen molar-refractivity contribution in [1.29, 1.82) is 0 Å². The zero-order valence-corrected chi connectivity index (χ0v) is 13.5. The van der Waals surface area contributed by atoms with E-state index < -0.39 is 11.9 Å². The summed E-state index contributed by atoms with van der Waals surface area (Å²) in [6, 6.07) is 5.66. The number of carboxylic acids is 1. The molecule has 0 bridgehead atoms. The summed E-state index contributed by atoms with van der Waals surface area (Å²) in [5, 5.41) is 9.21. The number of amides is 2. The summed E-state index contributed by atoms with van der Waals surface area (Å²) >= 11 is 0. The van der Waals surface area contributed by atoms with Gasteiger partial charge in [0.15, 0.2) is 0 Å². The summed E-state index contributed by atoms with van der Waals surface area (Å²) in [4.78, 5) is 27.5. The fourth-order valence-corrected chi connectivity index (χ4v) is 3.25. The van der Waals surface area contributed by atoms with Crippen molar-refractivity contribution in [3.05, 3.63) is 23.8 Å². The van der Waals surface area contributed by atoms with Crippen molar-refractivity contribution < 1.29 is 19.4 Å². The van der Waals surface area contributed by atoms with Crippen molar-refractivity contribution in [3.63, 3.8) is 0 Å². The van der Waals surface area contributed by atoms with E-state index in [0.717, 1.165) is 17.7 Å². The number of anilines is 1. The second-order valence-corrected chi connectivity index (χ2v) is 6.42. The highest BCUT2D eigenvalue weighted by Gasteiger charge is 2.34. The molecule has 0 unspecified atom stereocenters. The van der Waals surface area contributed by atoms with Gasteiger partial charge in [0.1, 0.15) is 11.9 Å². The van der Waals surface area contributed by atoms with Gasteiger partial charge in [-0.25, -0.2) is 4.79 Å². The minimum absolute atomic E-state index is 0.0887. The SMILES string of the molecule is Cc1ccc2c(c1)N(C(=O)N1CCC[C@H](C(=O)O)C1)C[C@@H](C)O2. The van der Waals surface area contributed by atoms with Crippen LogP contribution in [0.5, 0.6) is 5.75 Å². The molecule has 2 aliphatic rings. The van der Waals surface area contributed by atoms with E-state index in [1.165, 1.54) is 0 Å². The molecule has 0 aromatic heterocycles. The van der Waals surface area contributed by atoms with Gasteiger partial charge in [-0.15, -0.1) is 0 Å². The Morgan fingerprint density at radius 1 is 1.30 bits per heavy atom. The molecule has 1 saturated heterocycles. The van der Waals surface area contributed by atoms with Gasteiger partial charge in [-0.2, -0.15) is 0 Å². The molecule has 1 aromatic rings. The summed E-state index contributed by atoms with van der Waals surface area (Å²) in [6.45, 7) is 5.27. The molecule has 1 N–H and O–H groups in total. The highest BCUT2D eigenvalue weighted by atomic mass is 16.5. The highest BCUT2D eigenvalue weighted by molar-refractivity contribution is 5.94. The number of hydrogen-bond donors (Lipinski definition) is 1. The number of urea groups is 1. The summed E-state index contributed by atoms with van der Waals surface area (Å²) in [5.41, 5.74) is 1.83. The maximum atomic E-state index is 12.9. The number of carbonyl (C=O) groups is 2. The molecular weight excluding hydrogens is 296 g/mol. The maximum absolute atomic E-state index is 12.9. The number of hydrogen-bond acceptors (Lipinski definition) is 3. The highest BCUT2D eigenvalue weighted by Crippen LogP contribution is 2.35. The Balaban J connectivity index is 1.85. The molecule has 2 atom stereocenters. The second kappa shape index (κ2) is 6.10. The Morgan fingerprint density at radius 3 is 2.83 bits per heavy atom. The number of carbonyl (C=O) groups excluding carboxylic acids is 1. The van der Waals surface area contributed by atoms with Crippen molar-refractivity contribution in [2.45, 2.75) is 32.8 Å². The average Bonchev–Trinajstić information content (AvgIpc) is 2.54. The summed E-state index contributed by atoms with van der Waals surface area (Å²) in [5.74, 6) is -0.591. The van der Waals surface area contributed by atoms with E-state index in [1.807, 2.05) is 32.0 Å². The van der Waals surface area contributed by atoms with Gasteiger partial charge in [0.2, 0.25) is 0 Å². The Kier molecular flexibility index (Phi) is 4.15. The first-order valence-electron chi connectivity index (χ1n) is 8.02. The molecule has 1 fully saturated rings. The first-order valence-corrected chi connectivity index (χ1v) is 8.02. The molecule has 6 heteroatoms. The van der Waals surface area contributed by atoms with Crippen LogP contribution in [0.2, 0.25) is 0 Å². The Hall–Kier alpha value is -2.24. The third kappa shape index (κ3) is 3.11. The van der Waals surface area contributed by atoms with Crippen LogP contribution in [-0.4, -0.2) is 47.7 Å².